The van der Waals surface area contributed by atoms with E-state index in [0.29, 0.717) is 0 Å². The summed E-state index contributed by atoms with van der Waals surface area (Å²) < 4.78 is 3.79. The molecule has 0 aliphatic rings. The van der Waals surface area contributed by atoms with Crippen LogP contribution in [0.25, 0.3) is 52.4 Å². The molecule has 0 amide bonds. The predicted molar refractivity (Wildman–Crippen MR) is 137 cm³/mol. The zero-order chi connectivity index (χ0) is 21.3. The molecule has 0 aliphatic carbocycles. The molecule has 0 saturated carbocycles. The molecule has 3 aromatic heterocycles. The Morgan fingerprint density at radius 2 is 1.61 bits per heavy atom. The molecule has 0 spiro atoms. The number of benzene rings is 3. The van der Waals surface area contributed by atoms with Gasteiger partial charge in [-0.15, -0.1) is 22.7 Å². The van der Waals surface area contributed by atoms with Crippen LogP contribution in [0.5, 0.6) is 0 Å². The van der Waals surface area contributed by atoms with Crippen molar-refractivity contribution < 1.29 is 0 Å². The quantitative estimate of drug-likeness (QED) is 0.257. The summed E-state index contributed by atoms with van der Waals surface area (Å²) in [5.41, 5.74) is 4.65. The van der Waals surface area contributed by atoms with Gasteiger partial charge in [-0.1, -0.05) is 45.0 Å². The lowest BCUT2D eigenvalue weighted by Crippen LogP contribution is -2.12. The summed E-state index contributed by atoms with van der Waals surface area (Å²) in [6.07, 6.45) is 1.72. The number of rotatable bonds is 1. The van der Waals surface area contributed by atoms with Crippen LogP contribution in [-0.4, -0.2) is 9.97 Å². The molecule has 0 N–H and O–H groups in total. The highest BCUT2D eigenvalue weighted by Gasteiger charge is 2.20. The Kier molecular flexibility index (Phi) is 4.02. The normalized spacial score (nSPS) is 12.5. The van der Waals surface area contributed by atoms with Gasteiger partial charge in [-0.3, -0.25) is 0 Å². The molecule has 6 aromatic rings. The van der Waals surface area contributed by atoms with Gasteiger partial charge in [0.25, 0.3) is 0 Å². The summed E-state index contributed by atoms with van der Waals surface area (Å²) >= 11 is 3.66. The lowest BCUT2D eigenvalue weighted by atomic mass is 9.82. The van der Waals surface area contributed by atoms with Crippen molar-refractivity contribution in [2.24, 2.45) is 0 Å². The molecule has 0 bridgehead atoms. The fourth-order valence-corrected chi connectivity index (χ4v) is 6.72. The summed E-state index contributed by atoms with van der Waals surface area (Å²) in [6.45, 7) is 9.01. The van der Waals surface area contributed by atoms with E-state index in [1.165, 1.54) is 51.6 Å². The lowest BCUT2D eigenvalue weighted by Gasteiger charge is -2.22. The van der Waals surface area contributed by atoms with Crippen LogP contribution in [0.15, 0.2) is 60.9 Å². The monoisotopic (exact) mass is 438 g/mol. The second kappa shape index (κ2) is 6.59. The van der Waals surface area contributed by atoms with Crippen LogP contribution < -0.4 is 0 Å². The number of thiophene rings is 2. The van der Waals surface area contributed by atoms with Crippen molar-refractivity contribution in [3.05, 3.63) is 71.4 Å². The zero-order valence-electron chi connectivity index (χ0n) is 18.0. The average molecular weight is 439 g/mol. The highest BCUT2D eigenvalue weighted by molar-refractivity contribution is 7.26. The molecule has 6 rings (SSSR count). The van der Waals surface area contributed by atoms with Gasteiger partial charge >= 0.3 is 0 Å². The van der Waals surface area contributed by atoms with E-state index < -0.39 is 0 Å². The maximum absolute atomic E-state index is 4.78. The van der Waals surface area contributed by atoms with E-state index in [1.807, 2.05) is 22.7 Å². The lowest BCUT2D eigenvalue weighted by molar-refractivity contribution is 0.596. The zero-order valence-corrected chi connectivity index (χ0v) is 19.6. The van der Waals surface area contributed by atoms with E-state index in [4.69, 9.17) is 9.97 Å². The smallest absolute Gasteiger partial charge is 0.116 e. The van der Waals surface area contributed by atoms with E-state index in [2.05, 4.69) is 82.3 Å². The van der Waals surface area contributed by atoms with Crippen LogP contribution in [0.2, 0.25) is 0 Å². The summed E-state index contributed by atoms with van der Waals surface area (Å²) in [7, 11) is 0. The Labute approximate surface area is 189 Å². The molecule has 0 atom stereocenters. The van der Waals surface area contributed by atoms with Gasteiger partial charge in [-0.25, -0.2) is 9.97 Å². The van der Waals surface area contributed by atoms with Crippen molar-refractivity contribution >= 4 is 63.8 Å². The van der Waals surface area contributed by atoms with Crippen molar-refractivity contribution in [1.82, 2.24) is 9.97 Å². The molecule has 3 aromatic carbocycles. The maximum Gasteiger partial charge on any atom is 0.116 e. The Morgan fingerprint density at radius 3 is 2.45 bits per heavy atom. The number of hydrogen-bond acceptors (Lipinski definition) is 4. The third-order valence-electron chi connectivity index (χ3n) is 5.96. The maximum atomic E-state index is 4.78. The standard InChI is InChI=1S/C27H22N2S2/c1-15-9-17-11-20-23(13-22(17)30-15)31-26-24(28-14-29-25(20)26)18-10-16-7-5-6-8-19(16)21(12-18)27(2,3)4/h5-14H,1-4H3. The molecule has 4 heteroatoms. The first-order valence-corrected chi connectivity index (χ1v) is 12.1. The Balaban J connectivity index is 1.67. The van der Waals surface area contributed by atoms with Crippen LogP contribution in [-0.2, 0) is 5.41 Å². The van der Waals surface area contributed by atoms with Crippen molar-refractivity contribution in [2.75, 3.05) is 0 Å². The minimum atomic E-state index is 0.0458. The minimum Gasteiger partial charge on any atom is -0.235 e. The highest BCUT2D eigenvalue weighted by atomic mass is 32.1. The Bertz CT molecular complexity index is 1630. The van der Waals surface area contributed by atoms with Crippen LogP contribution in [0.1, 0.15) is 31.2 Å². The SMILES string of the molecule is Cc1cc2cc3c(cc2s1)sc1c(-c2cc(C(C)(C)C)c4ccccc4c2)ncnc13. The van der Waals surface area contributed by atoms with Crippen LogP contribution >= 0.6 is 22.7 Å². The molecule has 0 unspecified atom stereocenters. The molecule has 31 heavy (non-hydrogen) atoms. The molecular weight excluding hydrogens is 416 g/mol. The molecule has 152 valence electrons. The van der Waals surface area contributed by atoms with Crippen molar-refractivity contribution in [3.63, 3.8) is 0 Å². The van der Waals surface area contributed by atoms with Crippen molar-refractivity contribution in [2.45, 2.75) is 33.1 Å². The number of aryl methyl sites for hydroxylation is 1. The summed E-state index contributed by atoms with van der Waals surface area (Å²) in [5, 5.41) is 5.10. The minimum absolute atomic E-state index is 0.0458. The third kappa shape index (κ3) is 2.97. The second-order valence-corrected chi connectivity index (χ2v) is 11.6. The first-order valence-electron chi connectivity index (χ1n) is 10.5. The molecule has 3 heterocycles. The number of nitrogens with zero attached hydrogens (tertiary/aromatic N) is 2. The van der Waals surface area contributed by atoms with Gasteiger partial charge in [0.15, 0.2) is 0 Å². The molecule has 0 aliphatic heterocycles. The van der Waals surface area contributed by atoms with E-state index in [9.17, 15) is 0 Å². The molecular formula is C27H22N2S2. The number of fused-ring (bicyclic) bond motifs is 5. The van der Waals surface area contributed by atoms with Crippen LogP contribution in [0.4, 0.5) is 0 Å². The fourth-order valence-electron chi connectivity index (χ4n) is 4.52. The van der Waals surface area contributed by atoms with E-state index in [-0.39, 0.29) is 5.41 Å². The van der Waals surface area contributed by atoms with Gasteiger partial charge in [0.2, 0.25) is 0 Å². The Morgan fingerprint density at radius 1 is 0.774 bits per heavy atom. The van der Waals surface area contributed by atoms with Crippen molar-refractivity contribution in [3.8, 4) is 11.3 Å². The number of hydrogen-bond donors (Lipinski definition) is 0. The summed E-state index contributed by atoms with van der Waals surface area (Å²) in [5.74, 6) is 0. The van der Waals surface area contributed by atoms with Gasteiger partial charge in [-0.05, 0) is 64.4 Å². The van der Waals surface area contributed by atoms with E-state index in [0.717, 1.165) is 11.2 Å². The second-order valence-electron chi connectivity index (χ2n) is 9.24. The fraction of sp³-hybridized carbons (Fsp3) is 0.185. The molecule has 0 fully saturated rings. The summed E-state index contributed by atoms with van der Waals surface area (Å²) in [4.78, 5) is 10.8. The van der Waals surface area contributed by atoms with Gasteiger partial charge < -0.3 is 0 Å². The average Bonchev–Trinajstić information content (AvgIpc) is 3.28. The van der Waals surface area contributed by atoms with Crippen LogP contribution in [0, 0.1) is 6.92 Å². The molecule has 2 nitrogen and oxygen atoms in total. The first kappa shape index (κ1) is 18.9. The van der Waals surface area contributed by atoms with E-state index in [1.54, 1.807) is 6.33 Å². The van der Waals surface area contributed by atoms with E-state index >= 15 is 0 Å². The first-order chi connectivity index (χ1) is 14.9. The number of aromatic nitrogens is 2. The van der Waals surface area contributed by atoms with Gasteiger partial charge in [0, 0.05) is 25.2 Å². The summed E-state index contributed by atoms with van der Waals surface area (Å²) in [6, 6.07) is 20.2. The van der Waals surface area contributed by atoms with Gasteiger partial charge in [0.05, 0.1) is 15.9 Å². The predicted octanol–water partition coefficient (Wildman–Crippen LogP) is 8.49. The molecule has 0 radical (unpaired) electrons. The Hall–Kier alpha value is -2.82. The van der Waals surface area contributed by atoms with Crippen molar-refractivity contribution in [1.29, 1.82) is 0 Å². The third-order valence-corrected chi connectivity index (χ3v) is 8.12. The van der Waals surface area contributed by atoms with Gasteiger partial charge in [-0.2, -0.15) is 0 Å². The van der Waals surface area contributed by atoms with Crippen LogP contribution in [0.3, 0.4) is 0 Å². The topological polar surface area (TPSA) is 25.8 Å². The molecule has 0 saturated heterocycles. The van der Waals surface area contributed by atoms with Gasteiger partial charge in [0.1, 0.15) is 6.33 Å². The highest BCUT2D eigenvalue weighted by Crippen LogP contribution is 2.42. The largest absolute Gasteiger partial charge is 0.235 e.